The first kappa shape index (κ1) is 13.5. The normalized spacial score (nSPS) is 11.6. The predicted octanol–water partition coefficient (Wildman–Crippen LogP) is 3.40. The average molecular weight is 271 g/mol. The minimum absolute atomic E-state index is 0.187. The molecular weight excluding hydrogens is 262 g/mol. The average Bonchev–Trinajstić information content (AvgIpc) is 2.37. The first-order chi connectivity index (χ1) is 8.91. The lowest BCUT2D eigenvalue weighted by Gasteiger charge is -2.11. The molecule has 0 fully saturated rings. The van der Waals surface area contributed by atoms with E-state index < -0.39 is 24.3 Å². The molecule has 100 valence electrons. The van der Waals surface area contributed by atoms with Gasteiger partial charge in [0, 0.05) is 11.8 Å². The highest BCUT2D eigenvalue weighted by Crippen LogP contribution is 2.33. The zero-order valence-electron chi connectivity index (χ0n) is 9.58. The lowest BCUT2D eigenvalue weighted by atomic mass is 10.0. The molecule has 2 rings (SSSR count). The van der Waals surface area contributed by atoms with Crippen molar-refractivity contribution in [1.29, 1.82) is 0 Å². The van der Waals surface area contributed by atoms with Crippen molar-refractivity contribution in [3.63, 3.8) is 0 Å². The summed E-state index contributed by atoms with van der Waals surface area (Å²) in [4.78, 5) is 3.40. The first-order valence-electron chi connectivity index (χ1n) is 5.34. The summed E-state index contributed by atoms with van der Waals surface area (Å²) in [6.07, 6.45) is -3.35. The van der Waals surface area contributed by atoms with Gasteiger partial charge >= 0.3 is 6.18 Å². The summed E-state index contributed by atoms with van der Waals surface area (Å²) in [5.74, 6) is -0.792. The molecule has 0 spiro atoms. The predicted molar refractivity (Wildman–Crippen MR) is 60.6 cm³/mol. The van der Waals surface area contributed by atoms with Gasteiger partial charge in [0.05, 0.1) is 12.2 Å². The van der Waals surface area contributed by atoms with Gasteiger partial charge in [-0.3, -0.25) is 0 Å². The van der Waals surface area contributed by atoms with E-state index in [1.807, 2.05) is 0 Å². The van der Waals surface area contributed by atoms with Crippen molar-refractivity contribution in [1.82, 2.24) is 4.98 Å². The molecule has 0 radical (unpaired) electrons. The Morgan fingerprint density at radius 1 is 1.16 bits per heavy atom. The number of aliphatic hydroxyl groups is 1. The monoisotopic (exact) mass is 271 g/mol. The third-order valence-electron chi connectivity index (χ3n) is 2.63. The molecule has 2 aromatic rings. The number of aliphatic hydroxyl groups excluding tert-OH is 1. The molecule has 1 aromatic carbocycles. The standard InChI is InChI=1S/C13H9F4NO/c14-12-5-9(7-19)11(6-18-12)8-2-1-3-10(4-8)13(15,16)17/h1-6,19H,7H2. The summed E-state index contributed by atoms with van der Waals surface area (Å²) in [5.41, 5.74) is -0.119. The number of rotatable bonds is 2. The summed E-state index contributed by atoms with van der Waals surface area (Å²) in [7, 11) is 0. The summed E-state index contributed by atoms with van der Waals surface area (Å²) in [6.45, 7) is -0.481. The Bertz CT molecular complexity index is 595. The molecule has 0 atom stereocenters. The molecule has 19 heavy (non-hydrogen) atoms. The molecule has 0 saturated carbocycles. The van der Waals surface area contributed by atoms with E-state index in [0.29, 0.717) is 0 Å². The van der Waals surface area contributed by atoms with Crippen LogP contribution < -0.4 is 0 Å². The second-order valence-electron chi connectivity index (χ2n) is 3.90. The van der Waals surface area contributed by atoms with Crippen molar-refractivity contribution >= 4 is 0 Å². The van der Waals surface area contributed by atoms with E-state index in [9.17, 15) is 17.6 Å². The Hall–Kier alpha value is -1.95. The van der Waals surface area contributed by atoms with E-state index in [1.165, 1.54) is 12.1 Å². The molecule has 0 bridgehead atoms. The zero-order valence-corrected chi connectivity index (χ0v) is 9.58. The molecule has 0 aliphatic carbocycles. The van der Waals surface area contributed by atoms with Gasteiger partial charge in [-0.25, -0.2) is 4.98 Å². The molecule has 0 unspecified atom stereocenters. The Morgan fingerprint density at radius 2 is 1.89 bits per heavy atom. The molecule has 0 aliphatic rings. The van der Waals surface area contributed by atoms with Gasteiger partial charge in [-0.1, -0.05) is 12.1 Å². The number of halogens is 4. The molecule has 0 saturated heterocycles. The fraction of sp³-hybridized carbons (Fsp3) is 0.154. The van der Waals surface area contributed by atoms with Crippen LogP contribution in [-0.2, 0) is 12.8 Å². The maximum absolute atomic E-state index is 12.9. The number of hydrogen-bond donors (Lipinski definition) is 1. The van der Waals surface area contributed by atoms with E-state index in [2.05, 4.69) is 4.98 Å². The smallest absolute Gasteiger partial charge is 0.392 e. The van der Waals surface area contributed by atoms with Gasteiger partial charge in [0.2, 0.25) is 5.95 Å². The maximum Gasteiger partial charge on any atom is 0.416 e. The van der Waals surface area contributed by atoms with Gasteiger partial charge in [-0.2, -0.15) is 17.6 Å². The summed E-state index contributed by atoms with van der Waals surface area (Å²) in [6, 6.07) is 5.58. The van der Waals surface area contributed by atoms with Gasteiger partial charge in [0.15, 0.2) is 0 Å². The van der Waals surface area contributed by atoms with Crippen LogP contribution in [0.25, 0.3) is 11.1 Å². The Kier molecular flexibility index (Phi) is 3.53. The molecule has 1 aromatic heterocycles. The minimum atomic E-state index is -4.46. The Labute approximate surface area is 106 Å². The third kappa shape index (κ3) is 2.90. The van der Waals surface area contributed by atoms with Crippen molar-refractivity contribution in [2.75, 3.05) is 0 Å². The Morgan fingerprint density at radius 3 is 2.53 bits per heavy atom. The van der Waals surface area contributed by atoms with Crippen LogP contribution in [0.15, 0.2) is 36.5 Å². The summed E-state index contributed by atoms with van der Waals surface area (Å²) in [5, 5.41) is 9.12. The van der Waals surface area contributed by atoms with Crippen molar-refractivity contribution < 1.29 is 22.7 Å². The number of pyridine rings is 1. The van der Waals surface area contributed by atoms with Crippen LogP contribution in [0.1, 0.15) is 11.1 Å². The van der Waals surface area contributed by atoms with Crippen LogP contribution in [-0.4, -0.2) is 10.1 Å². The molecule has 1 heterocycles. The van der Waals surface area contributed by atoms with Gasteiger partial charge < -0.3 is 5.11 Å². The van der Waals surface area contributed by atoms with Crippen LogP contribution in [0.3, 0.4) is 0 Å². The number of benzene rings is 1. The zero-order chi connectivity index (χ0) is 14.0. The van der Waals surface area contributed by atoms with E-state index in [1.54, 1.807) is 0 Å². The maximum atomic E-state index is 12.9. The van der Waals surface area contributed by atoms with Crippen molar-refractivity contribution in [3.05, 3.63) is 53.6 Å². The number of hydrogen-bond acceptors (Lipinski definition) is 2. The van der Waals surface area contributed by atoms with Gasteiger partial charge in [-0.15, -0.1) is 0 Å². The van der Waals surface area contributed by atoms with E-state index in [0.717, 1.165) is 24.4 Å². The molecular formula is C13H9F4NO. The second-order valence-corrected chi connectivity index (χ2v) is 3.90. The van der Waals surface area contributed by atoms with Crippen molar-refractivity contribution in [3.8, 4) is 11.1 Å². The molecule has 6 heteroatoms. The third-order valence-corrected chi connectivity index (χ3v) is 2.63. The minimum Gasteiger partial charge on any atom is -0.392 e. The fourth-order valence-corrected chi connectivity index (χ4v) is 1.72. The van der Waals surface area contributed by atoms with Gasteiger partial charge in [0.25, 0.3) is 0 Å². The van der Waals surface area contributed by atoms with Crippen LogP contribution in [0.5, 0.6) is 0 Å². The highest BCUT2D eigenvalue weighted by molar-refractivity contribution is 5.67. The van der Waals surface area contributed by atoms with Gasteiger partial charge in [0.1, 0.15) is 0 Å². The quantitative estimate of drug-likeness (QED) is 0.670. The van der Waals surface area contributed by atoms with Gasteiger partial charge in [-0.05, 0) is 29.3 Å². The fourth-order valence-electron chi connectivity index (χ4n) is 1.72. The lowest BCUT2D eigenvalue weighted by Crippen LogP contribution is -2.05. The number of alkyl halides is 3. The second kappa shape index (κ2) is 4.97. The molecule has 2 nitrogen and oxygen atoms in total. The SMILES string of the molecule is OCc1cc(F)ncc1-c1cccc(C(F)(F)F)c1. The van der Waals surface area contributed by atoms with Crippen LogP contribution in [0.2, 0.25) is 0 Å². The van der Waals surface area contributed by atoms with E-state index in [-0.39, 0.29) is 16.7 Å². The molecule has 0 amide bonds. The topological polar surface area (TPSA) is 33.1 Å². The van der Waals surface area contributed by atoms with Crippen LogP contribution in [0, 0.1) is 5.95 Å². The number of aromatic nitrogens is 1. The molecule has 1 N–H and O–H groups in total. The highest BCUT2D eigenvalue weighted by atomic mass is 19.4. The number of nitrogens with zero attached hydrogens (tertiary/aromatic N) is 1. The van der Waals surface area contributed by atoms with Crippen molar-refractivity contribution in [2.45, 2.75) is 12.8 Å². The largest absolute Gasteiger partial charge is 0.416 e. The summed E-state index contributed by atoms with van der Waals surface area (Å²) < 4.78 is 50.7. The van der Waals surface area contributed by atoms with Crippen molar-refractivity contribution in [2.24, 2.45) is 0 Å². The Balaban J connectivity index is 2.53. The highest BCUT2D eigenvalue weighted by Gasteiger charge is 2.30. The van der Waals surface area contributed by atoms with E-state index >= 15 is 0 Å². The van der Waals surface area contributed by atoms with Crippen LogP contribution in [0.4, 0.5) is 17.6 Å². The first-order valence-corrected chi connectivity index (χ1v) is 5.34. The lowest BCUT2D eigenvalue weighted by molar-refractivity contribution is -0.137. The molecule has 0 aliphatic heterocycles. The van der Waals surface area contributed by atoms with E-state index in [4.69, 9.17) is 5.11 Å². The summed E-state index contributed by atoms with van der Waals surface area (Å²) >= 11 is 0. The van der Waals surface area contributed by atoms with Crippen LogP contribution >= 0.6 is 0 Å².